The minimum atomic E-state index is -5.01. The molecular weight excluding hydrogens is 558 g/mol. The number of allylic oxidation sites excluding steroid dienone is 8. The second kappa shape index (κ2) is 10.6. The van der Waals surface area contributed by atoms with Crippen LogP contribution in [0.3, 0.4) is 0 Å². The molecule has 0 saturated carbocycles. The Labute approximate surface area is 246 Å². The minimum absolute atomic E-state index is 0.158. The van der Waals surface area contributed by atoms with E-state index >= 15 is 0 Å². The fraction of sp³-hybridized carbons (Fsp3) is 0.353. The van der Waals surface area contributed by atoms with Gasteiger partial charge in [0.2, 0.25) is 0 Å². The predicted octanol–water partition coefficient (Wildman–Crippen LogP) is 9.26. The zero-order chi connectivity index (χ0) is 30.7. The standard InChI is InChI=1S/2C10H15.2C7H5FO2.Ti/c2*1-7-6-10(4,5)9(3)8(7)2;2*8-6-3-1-5(2-4-6)7(9)10;/h2*1-5H3;2*1-4H,(H,9,10);/q;;;;+2/p-2. The molecule has 216 valence electrons. The molecule has 2 aromatic rings. The van der Waals surface area contributed by atoms with E-state index in [0.29, 0.717) is 0 Å². The van der Waals surface area contributed by atoms with E-state index in [-0.39, 0.29) is 11.1 Å². The number of halogens is 2. The molecule has 0 bridgehead atoms. The Balaban J connectivity index is 2.07. The van der Waals surface area contributed by atoms with Crippen molar-refractivity contribution in [2.24, 2.45) is 10.8 Å². The van der Waals surface area contributed by atoms with E-state index in [1.807, 2.05) is 27.7 Å². The summed E-state index contributed by atoms with van der Waals surface area (Å²) in [5, 5.41) is 0. The summed E-state index contributed by atoms with van der Waals surface area (Å²) in [7, 11) is 0. The first-order valence-electron chi connectivity index (χ1n) is 13.7. The molecule has 0 spiro atoms. The third-order valence-corrected chi connectivity index (χ3v) is 16.1. The van der Waals surface area contributed by atoms with E-state index in [1.54, 1.807) is 0 Å². The molecule has 0 fully saturated rings. The summed E-state index contributed by atoms with van der Waals surface area (Å²) < 4.78 is 42.6. The molecule has 4 rings (SSSR count). The molecule has 0 saturated heterocycles. The SMILES string of the molecule is CC1=C(C)C(C)(C)[C]([Ti]([O]C(=O)c2ccc(F)cc2)([O]C(=O)c2ccc(F)cc2)[C]2=C(C)C(C)=C(C)C2(C)C)=C1C. The van der Waals surface area contributed by atoms with Gasteiger partial charge in [0.25, 0.3) is 0 Å². The van der Waals surface area contributed by atoms with E-state index in [1.165, 1.54) is 48.5 Å². The average molecular weight is 597 g/mol. The number of carbonyl (C=O) groups excluding carboxylic acids is 2. The summed E-state index contributed by atoms with van der Waals surface area (Å²) in [6, 6.07) is 10.3. The van der Waals surface area contributed by atoms with Crippen molar-refractivity contribution >= 4 is 11.9 Å². The maximum absolute atomic E-state index is 14.0. The van der Waals surface area contributed by atoms with Gasteiger partial charge in [0.15, 0.2) is 0 Å². The van der Waals surface area contributed by atoms with Gasteiger partial charge in [-0.3, -0.25) is 0 Å². The second-order valence-corrected chi connectivity index (χ2v) is 16.3. The van der Waals surface area contributed by atoms with Gasteiger partial charge < -0.3 is 0 Å². The van der Waals surface area contributed by atoms with Crippen molar-refractivity contribution in [1.82, 2.24) is 0 Å². The molecule has 0 radical (unpaired) electrons. The molecule has 0 heterocycles. The van der Waals surface area contributed by atoms with Crippen LogP contribution in [-0.2, 0) is 24.0 Å². The molecule has 0 amide bonds. The first-order valence-corrected chi connectivity index (χ1v) is 16.6. The molecule has 0 aliphatic heterocycles. The molecule has 0 unspecified atom stereocenters. The Hall–Kier alpha value is -3.09. The van der Waals surface area contributed by atoms with Crippen LogP contribution >= 0.6 is 0 Å². The van der Waals surface area contributed by atoms with Crippen LogP contribution in [0.5, 0.6) is 0 Å². The zero-order valence-corrected chi connectivity index (χ0v) is 27.1. The number of hydrogen-bond donors (Lipinski definition) is 0. The number of carbonyl (C=O) groups is 2. The topological polar surface area (TPSA) is 52.6 Å². The van der Waals surface area contributed by atoms with Crippen LogP contribution in [0.4, 0.5) is 8.78 Å². The van der Waals surface area contributed by atoms with Crippen molar-refractivity contribution in [1.29, 1.82) is 0 Å². The van der Waals surface area contributed by atoms with Crippen molar-refractivity contribution < 1.29 is 42.4 Å². The van der Waals surface area contributed by atoms with E-state index in [4.69, 9.17) is 6.64 Å². The Kier molecular flexibility index (Phi) is 8.00. The maximum atomic E-state index is 14.0. The number of rotatable bonds is 6. The predicted molar refractivity (Wildman–Crippen MR) is 153 cm³/mol. The van der Waals surface area contributed by atoms with Crippen LogP contribution in [0.15, 0.2) is 89.7 Å². The van der Waals surface area contributed by atoms with Crippen LogP contribution < -0.4 is 0 Å². The van der Waals surface area contributed by atoms with Crippen LogP contribution in [0, 0.1) is 22.5 Å². The first-order chi connectivity index (χ1) is 19.0. The van der Waals surface area contributed by atoms with Crippen molar-refractivity contribution in [3.05, 3.63) is 112 Å². The second-order valence-electron chi connectivity index (χ2n) is 12.2. The molecule has 0 aromatic heterocycles. The average Bonchev–Trinajstić information content (AvgIpc) is 3.16. The van der Waals surface area contributed by atoms with Crippen LogP contribution in [-0.4, -0.2) is 11.9 Å². The molecule has 0 N–H and O–H groups in total. The molecular formula is C34H38F2O4Ti. The summed E-state index contributed by atoms with van der Waals surface area (Å²) in [5.74, 6) is -2.33. The van der Waals surface area contributed by atoms with Gasteiger partial charge in [-0.15, -0.1) is 0 Å². The molecule has 2 aromatic carbocycles. The molecule has 7 heteroatoms. The Bertz CT molecular complexity index is 1450. The molecule has 2 aliphatic rings. The molecule has 2 aliphatic carbocycles. The number of benzene rings is 2. The fourth-order valence-corrected chi connectivity index (χ4v) is 14.0. The van der Waals surface area contributed by atoms with Crippen molar-refractivity contribution in [3.8, 4) is 0 Å². The van der Waals surface area contributed by atoms with Crippen LogP contribution in [0.2, 0.25) is 0 Å². The Morgan fingerprint density at radius 3 is 1.10 bits per heavy atom. The van der Waals surface area contributed by atoms with Crippen LogP contribution in [0.25, 0.3) is 0 Å². The van der Waals surface area contributed by atoms with Gasteiger partial charge in [0.05, 0.1) is 0 Å². The summed E-state index contributed by atoms with van der Waals surface area (Å²) in [5.41, 5.74) is 5.33. The third-order valence-electron chi connectivity index (χ3n) is 9.42. The third kappa shape index (κ3) is 5.00. The van der Waals surface area contributed by atoms with Gasteiger partial charge in [0.1, 0.15) is 0 Å². The van der Waals surface area contributed by atoms with Gasteiger partial charge in [-0.25, -0.2) is 0 Å². The van der Waals surface area contributed by atoms with Crippen molar-refractivity contribution in [3.63, 3.8) is 0 Å². The van der Waals surface area contributed by atoms with Gasteiger partial charge >= 0.3 is 247 Å². The Morgan fingerprint density at radius 1 is 0.561 bits per heavy atom. The molecule has 41 heavy (non-hydrogen) atoms. The van der Waals surface area contributed by atoms with Crippen molar-refractivity contribution in [2.75, 3.05) is 0 Å². The quantitative estimate of drug-likeness (QED) is 0.312. The normalized spacial score (nSPS) is 18.4. The van der Waals surface area contributed by atoms with Crippen molar-refractivity contribution in [2.45, 2.75) is 69.2 Å². The fourth-order valence-electron chi connectivity index (χ4n) is 6.40. The first kappa shape index (κ1) is 30.9. The number of hydrogen-bond acceptors (Lipinski definition) is 4. The summed E-state index contributed by atoms with van der Waals surface area (Å²) in [6.07, 6.45) is 0. The Morgan fingerprint density at radius 2 is 0.854 bits per heavy atom. The van der Waals surface area contributed by atoms with Crippen LogP contribution in [0.1, 0.15) is 90.0 Å². The van der Waals surface area contributed by atoms with Gasteiger partial charge in [-0.2, -0.15) is 0 Å². The van der Waals surface area contributed by atoms with E-state index in [0.717, 1.165) is 41.2 Å². The van der Waals surface area contributed by atoms with Gasteiger partial charge in [-0.05, 0) is 0 Å². The van der Waals surface area contributed by atoms with E-state index in [2.05, 4.69) is 41.5 Å². The molecule has 0 atom stereocenters. The monoisotopic (exact) mass is 596 g/mol. The zero-order valence-electron chi connectivity index (χ0n) is 25.5. The van der Waals surface area contributed by atoms with Gasteiger partial charge in [-0.1, -0.05) is 0 Å². The molecule has 4 nitrogen and oxygen atoms in total. The summed E-state index contributed by atoms with van der Waals surface area (Å²) >= 11 is -5.01. The van der Waals surface area contributed by atoms with Gasteiger partial charge in [0, 0.05) is 0 Å². The summed E-state index contributed by atoms with van der Waals surface area (Å²) in [6.45, 7) is 20.4. The van der Waals surface area contributed by atoms with E-state index in [9.17, 15) is 18.4 Å². The van der Waals surface area contributed by atoms with E-state index < -0.39 is 51.8 Å². The summed E-state index contributed by atoms with van der Waals surface area (Å²) in [4.78, 5) is 28.0.